The fourth-order valence-electron chi connectivity index (χ4n) is 3.79. The first-order chi connectivity index (χ1) is 9.31. The molecule has 0 saturated heterocycles. The Bertz CT molecular complexity index is 563. The maximum atomic E-state index is 2.56. The van der Waals surface area contributed by atoms with Crippen molar-refractivity contribution < 1.29 is 0 Å². The number of hydrogen-bond acceptors (Lipinski definition) is 0. The van der Waals surface area contributed by atoms with Crippen LogP contribution in [0.1, 0.15) is 41.5 Å². The molecule has 0 radical (unpaired) electrons. The van der Waals surface area contributed by atoms with Gasteiger partial charge in [0.1, 0.15) is 8.07 Å². The quantitative estimate of drug-likeness (QED) is 0.667. The van der Waals surface area contributed by atoms with Crippen LogP contribution in [-0.2, 0) is 0 Å². The van der Waals surface area contributed by atoms with Gasteiger partial charge in [-0.15, -0.1) is 0 Å². The molecule has 1 aliphatic rings. The molecule has 0 amide bonds. The summed E-state index contributed by atoms with van der Waals surface area (Å²) in [5.74, 6) is 0.620. The maximum Gasteiger partial charge on any atom is 0.114 e. The van der Waals surface area contributed by atoms with E-state index in [0.29, 0.717) is 5.92 Å². The molecule has 0 N–H and O–H groups in total. The van der Waals surface area contributed by atoms with Crippen LogP contribution in [0.2, 0.25) is 12.1 Å². The molecule has 2 rings (SSSR count). The summed E-state index contributed by atoms with van der Waals surface area (Å²) in [6.07, 6.45) is 0. The van der Waals surface area contributed by atoms with Gasteiger partial charge in [0.15, 0.2) is 0 Å². The Morgan fingerprint density at radius 1 is 0.950 bits per heavy atom. The first-order valence-corrected chi connectivity index (χ1v) is 10.3. The molecule has 0 saturated carbocycles. The molecule has 1 aliphatic carbocycles. The molecule has 1 heteroatoms. The van der Waals surface area contributed by atoms with Gasteiger partial charge in [-0.2, -0.15) is 0 Å². The zero-order valence-corrected chi connectivity index (χ0v) is 15.0. The van der Waals surface area contributed by atoms with Gasteiger partial charge in [-0.3, -0.25) is 0 Å². The van der Waals surface area contributed by atoms with Crippen LogP contribution in [0, 0.1) is 5.92 Å². The Morgan fingerprint density at radius 2 is 1.50 bits per heavy atom. The molecule has 0 spiro atoms. The van der Waals surface area contributed by atoms with Crippen molar-refractivity contribution in [1.29, 1.82) is 0 Å². The van der Waals surface area contributed by atoms with E-state index in [1.54, 1.807) is 21.5 Å². The van der Waals surface area contributed by atoms with Gasteiger partial charge < -0.3 is 0 Å². The molecule has 1 aromatic carbocycles. The zero-order valence-electron chi connectivity index (χ0n) is 14.0. The highest BCUT2D eigenvalue weighted by atomic mass is 28.3. The molecule has 0 aliphatic heterocycles. The molecule has 2 atom stereocenters. The largest absolute Gasteiger partial charge is 0.114 e. The summed E-state index contributed by atoms with van der Waals surface area (Å²) < 4.78 is 0. The molecule has 0 bridgehead atoms. The fourth-order valence-corrected chi connectivity index (χ4v) is 8.35. The Balaban J connectivity index is 2.63. The number of hydrogen-bond donors (Lipinski definition) is 0. The first-order valence-electron chi connectivity index (χ1n) is 7.76. The van der Waals surface area contributed by atoms with Crippen molar-refractivity contribution in [2.45, 2.75) is 53.6 Å². The monoisotopic (exact) mass is 284 g/mol. The molecule has 0 fully saturated rings. The van der Waals surface area contributed by atoms with E-state index in [9.17, 15) is 0 Å². The van der Waals surface area contributed by atoms with Crippen LogP contribution < -0.4 is 5.19 Å². The van der Waals surface area contributed by atoms with Crippen molar-refractivity contribution in [3.63, 3.8) is 0 Å². The molecular formula is C19H28Si. The van der Waals surface area contributed by atoms with E-state index >= 15 is 0 Å². The first kappa shape index (κ1) is 15.3. The minimum Gasteiger partial charge on any atom is -0.0657 e. The average Bonchev–Trinajstić information content (AvgIpc) is 2.63. The lowest BCUT2D eigenvalue weighted by molar-refractivity contribution is 0.837. The zero-order chi connectivity index (χ0) is 15.1. The van der Waals surface area contributed by atoms with E-state index in [2.05, 4.69) is 78.4 Å². The normalized spacial score (nSPS) is 22.7. The van der Waals surface area contributed by atoms with E-state index in [1.165, 1.54) is 5.57 Å². The SMILES string of the molecule is CC1=C(C)C(C)C([Si](C)(c2ccccc2)C(C)C)=C1C. The third-order valence-electron chi connectivity index (χ3n) is 5.73. The second-order valence-electron chi connectivity index (χ2n) is 6.79. The highest BCUT2D eigenvalue weighted by molar-refractivity contribution is 6.98. The van der Waals surface area contributed by atoms with Gasteiger partial charge in [0, 0.05) is 0 Å². The third kappa shape index (κ3) is 2.12. The lowest BCUT2D eigenvalue weighted by Crippen LogP contribution is -2.51. The minimum absolute atomic E-state index is 0.620. The van der Waals surface area contributed by atoms with Crippen LogP contribution in [0.5, 0.6) is 0 Å². The molecule has 20 heavy (non-hydrogen) atoms. The lowest BCUT2D eigenvalue weighted by Gasteiger charge is -2.37. The second-order valence-corrected chi connectivity index (χ2v) is 11.5. The summed E-state index contributed by atoms with van der Waals surface area (Å²) in [5, 5.41) is 3.34. The topological polar surface area (TPSA) is 0 Å². The van der Waals surface area contributed by atoms with Gasteiger partial charge >= 0.3 is 0 Å². The Hall–Kier alpha value is -1.08. The van der Waals surface area contributed by atoms with Crippen LogP contribution in [0.3, 0.4) is 0 Å². The van der Waals surface area contributed by atoms with Gasteiger partial charge in [0.25, 0.3) is 0 Å². The standard InChI is InChI=1S/C19H28Si/c1-13(2)20(7,18-11-9-8-10-12-18)19-16(5)14(3)15(4)17(19)6/h8-13,16H,1-7H3. The van der Waals surface area contributed by atoms with Gasteiger partial charge in [0.05, 0.1) is 0 Å². The van der Waals surface area contributed by atoms with Crippen molar-refractivity contribution in [3.8, 4) is 0 Å². The fraction of sp³-hybridized carbons (Fsp3) is 0.474. The Kier molecular flexibility index (Phi) is 4.11. The van der Waals surface area contributed by atoms with Crippen molar-refractivity contribution in [2.24, 2.45) is 5.92 Å². The van der Waals surface area contributed by atoms with Gasteiger partial charge in [-0.1, -0.05) is 79.2 Å². The number of benzene rings is 1. The number of allylic oxidation sites excluding steroid dienone is 4. The highest BCUT2D eigenvalue weighted by Crippen LogP contribution is 2.44. The summed E-state index contributed by atoms with van der Waals surface area (Å²) in [6.45, 7) is 16.7. The van der Waals surface area contributed by atoms with Crippen molar-refractivity contribution in [3.05, 3.63) is 52.2 Å². The predicted octanol–water partition coefficient (Wildman–Crippen LogP) is 5.22. The molecule has 0 aromatic heterocycles. The molecule has 108 valence electrons. The summed E-state index contributed by atoms with van der Waals surface area (Å²) >= 11 is 0. The molecule has 2 unspecified atom stereocenters. The van der Waals surface area contributed by atoms with Crippen molar-refractivity contribution >= 4 is 13.3 Å². The summed E-state index contributed by atoms with van der Waals surface area (Å²) in [7, 11) is -1.64. The Labute approximate surface area is 125 Å². The van der Waals surface area contributed by atoms with E-state index in [-0.39, 0.29) is 0 Å². The van der Waals surface area contributed by atoms with Crippen molar-refractivity contribution in [1.82, 2.24) is 0 Å². The molecule has 0 nitrogen and oxygen atoms in total. The van der Waals surface area contributed by atoms with Crippen LogP contribution in [0.15, 0.2) is 52.2 Å². The smallest absolute Gasteiger partial charge is 0.0657 e. The lowest BCUT2D eigenvalue weighted by atomic mass is 10.1. The third-order valence-corrected chi connectivity index (χ3v) is 11.5. The average molecular weight is 285 g/mol. The van der Waals surface area contributed by atoms with Gasteiger partial charge in [-0.25, -0.2) is 0 Å². The van der Waals surface area contributed by atoms with E-state index in [0.717, 1.165) is 5.54 Å². The summed E-state index contributed by atoms with van der Waals surface area (Å²) in [5.41, 5.74) is 5.40. The van der Waals surface area contributed by atoms with Crippen LogP contribution >= 0.6 is 0 Å². The summed E-state index contributed by atoms with van der Waals surface area (Å²) in [6, 6.07) is 11.2. The van der Waals surface area contributed by atoms with E-state index < -0.39 is 8.07 Å². The molecule has 1 aromatic rings. The van der Waals surface area contributed by atoms with Gasteiger partial charge in [-0.05, 0) is 37.8 Å². The number of rotatable bonds is 3. The van der Waals surface area contributed by atoms with Crippen LogP contribution in [-0.4, -0.2) is 8.07 Å². The van der Waals surface area contributed by atoms with E-state index in [1.807, 2.05) is 0 Å². The molecular weight excluding hydrogens is 256 g/mol. The van der Waals surface area contributed by atoms with E-state index in [4.69, 9.17) is 0 Å². The van der Waals surface area contributed by atoms with Gasteiger partial charge in [0.2, 0.25) is 0 Å². The van der Waals surface area contributed by atoms with Crippen LogP contribution in [0.4, 0.5) is 0 Å². The molecule has 0 heterocycles. The highest BCUT2D eigenvalue weighted by Gasteiger charge is 2.43. The maximum absolute atomic E-state index is 2.56. The summed E-state index contributed by atoms with van der Waals surface area (Å²) in [4.78, 5) is 0. The predicted molar refractivity (Wildman–Crippen MR) is 93.0 cm³/mol. The van der Waals surface area contributed by atoms with Crippen molar-refractivity contribution in [2.75, 3.05) is 0 Å². The minimum atomic E-state index is -1.64. The Morgan fingerprint density at radius 3 is 1.90 bits per heavy atom. The van der Waals surface area contributed by atoms with Crippen LogP contribution in [0.25, 0.3) is 0 Å². The second kappa shape index (κ2) is 5.36.